The Kier molecular flexibility index (Phi) is 9.00. The molecule has 0 fully saturated rings. The lowest BCUT2D eigenvalue weighted by Crippen LogP contribution is -2.24. The maximum Gasteiger partial charge on any atom is 0.147 e. The van der Waals surface area contributed by atoms with E-state index >= 15 is 0 Å². The molecule has 0 atom stereocenters. The number of aromatic nitrogens is 6. The van der Waals surface area contributed by atoms with E-state index < -0.39 is 10.8 Å². The van der Waals surface area contributed by atoms with Gasteiger partial charge in [0, 0.05) is 27.0 Å². The summed E-state index contributed by atoms with van der Waals surface area (Å²) in [5.74, 6) is 0.267. The maximum atomic E-state index is 12.1. The lowest BCUT2D eigenvalue weighted by Gasteiger charge is -2.32. The molecule has 8 rings (SSSR count). The Balaban J connectivity index is 1.18. The SMILES string of the molecule is Cc1cc(-n2nc3ccc(Cl)cc3n2)c(O)c(C(C)(C)Cc2ccc3nn(-c4cc(C(C)(C)c5ccccc5)cc(C(C)(C)c5ccccc5)c4O)nc3c2)c1. The van der Waals surface area contributed by atoms with Gasteiger partial charge in [-0.2, -0.15) is 0 Å². The van der Waals surface area contributed by atoms with Gasteiger partial charge in [0.2, 0.25) is 0 Å². The third kappa shape index (κ3) is 6.58. The van der Waals surface area contributed by atoms with Crippen LogP contribution in [0.25, 0.3) is 33.4 Å². The lowest BCUT2D eigenvalue weighted by molar-refractivity contribution is 0.428. The number of fused-ring (bicyclic) bond motifs is 2. The zero-order valence-electron chi connectivity index (χ0n) is 32.7. The van der Waals surface area contributed by atoms with Gasteiger partial charge in [-0.3, -0.25) is 0 Å². The lowest BCUT2D eigenvalue weighted by atomic mass is 9.72. The Hall–Kier alpha value is -5.99. The summed E-state index contributed by atoms with van der Waals surface area (Å²) in [6, 6.07) is 40.2. The minimum absolute atomic E-state index is 0.127. The zero-order chi connectivity index (χ0) is 39.6. The normalized spacial score (nSPS) is 12.5. The molecule has 0 aliphatic rings. The van der Waals surface area contributed by atoms with Crippen molar-refractivity contribution in [3.05, 3.63) is 165 Å². The van der Waals surface area contributed by atoms with Gasteiger partial charge in [-0.25, -0.2) is 0 Å². The molecule has 0 saturated heterocycles. The third-order valence-electron chi connectivity index (χ3n) is 11.3. The van der Waals surface area contributed by atoms with Gasteiger partial charge in [0.05, 0.1) is 0 Å². The van der Waals surface area contributed by atoms with Crippen molar-refractivity contribution in [3.8, 4) is 22.9 Å². The first kappa shape index (κ1) is 37.0. The molecule has 0 saturated carbocycles. The molecule has 0 unspecified atom stereocenters. The highest BCUT2D eigenvalue weighted by Crippen LogP contribution is 2.44. The van der Waals surface area contributed by atoms with Crippen LogP contribution in [0.2, 0.25) is 5.02 Å². The predicted octanol–water partition coefficient (Wildman–Crippen LogP) is 10.7. The molecule has 0 aliphatic carbocycles. The summed E-state index contributed by atoms with van der Waals surface area (Å²) in [7, 11) is 0. The van der Waals surface area contributed by atoms with Gasteiger partial charge in [-0.15, -0.1) is 30.0 Å². The number of nitrogens with zero attached hydrogens (tertiary/aromatic N) is 6. The van der Waals surface area contributed by atoms with Gasteiger partial charge < -0.3 is 10.2 Å². The highest BCUT2D eigenvalue weighted by Gasteiger charge is 2.33. The molecule has 0 bridgehead atoms. The van der Waals surface area contributed by atoms with Gasteiger partial charge in [-0.05, 0) is 89.0 Å². The number of hydrogen-bond acceptors (Lipinski definition) is 6. The predicted molar refractivity (Wildman–Crippen MR) is 225 cm³/mol. The Labute approximate surface area is 332 Å². The van der Waals surface area contributed by atoms with E-state index in [-0.39, 0.29) is 16.9 Å². The molecule has 8 aromatic rings. The van der Waals surface area contributed by atoms with E-state index in [1.165, 1.54) is 4.80 Å². The van der Waals surface area contributed by atoms with Crippen molar-refractivity contribution in [2.24, 2.45) is 0 Å². The fraction of sp³-hybridized carbons (Fsp3) is 0.234. The second-order valence-electron chi connectivity index (χ2n) is 16.5. The summed E-state index contributed by atoms with van der Waals surface area (Å²) in [6.07, 6.45) is 0.609. The molecule has 0 spiro atoms. The molecule has 6 aromatic carbocycles. The van der Waals surface area contributed by atoms with E-state index in [2.05, 4.69) is 100 Å². The van der Waals surface area contributed by atoms with Crippen LogP contribution in [0.4, 0.5) is 0 Å². The molecule has 282 valence electrons. The summed E-state index contributed by atoms with van der Waals surface area (Å²) in [5.41, 5.74) is 9.26. The van der Waals surface area contributed by atoms with Gasteiger partial charge in [0.25, 0.3) is 0 Å². The van der Waals surface area contributed by atoms with Crippen LogP contribution in [0.15, 0.2) is 121 Å². The minimum Gasteiger partial charge on any atom is -0.505 e. The van der Waals surface area contributed by atoms with Gasteiger partial charge in [0.15, 0.2) is 0 Å². The van der Waals surface area contributed by atoms with Crippen LogP contribution in [-0.4, -0.2) is 40.2 Å². The number of phenolic OH excluding ortho intramolecular Hbond substituents is 2. The molecule has 9 heteroatoms. The van der Waals surface area contributed by atoms with Gasteiger partial charge in [-0.1, -0.05) is 132 Å². The Morgan fingerprint density at radius 2 is 1.04 bits per heavy atom. The minimum atomic E-state index is -0.524. The Bertz CT molecular complexity index is 2750. The molecule has 0 amide bonds. The maximum absolute atomic E-state index is 12.1. The average Bonchev–Trinajstić information content (AvgIpc) is 3.80. The summed E-state index contributed by atoms with van der Waals surface area (Å²) in [4.78, 5) is 3.04. The van der Waals surface area contributed by atoms with Crippen LogP contribution in [0.1, 0.15) is 80.5 Å². The van der Waals surface area contributed by atoms with E-state index in [1.54, 1.807) is 16.9 Å². The molecule has 8 nitrogen and oxygen atoms in total. The molecule has 0 radical (unpaired) electrons. The first-order valence-corrected chi connectivity index (χ1v) is 19.2. The second-order valence-corrected chi connectivity index (χ2v) is 17.0. The van der Waals surface area contributed by atoms with E-state index in [0.717, 1.165) is 38.9 Å². The summed E-state index contributed by atoms with van der Waals surface area (Å²) < 4.78 is 0. The van der Waals surface area contributed by atoms with Crippen molar-refractivity contribution in [3.63, 3.8) is 0 Å². The Morgan fingerprint density at radius 1 is 0.518 bits per heavy atom. The molecular formula is C47H45ClN6O2. The van der Waals surface area contributed by atoms with Gasteiger partial charge >= 0.3 is 0 Å². The number of benzene rings is 6. The fourth-order valence-electron chi connectivity index (χ4n) is 7.85. The molecule has 56 heavy (non-hydrogen) atoms. The highest BCUT2D eigenvalue weighted by atomic mass is 35.5. The van der Waals surface area contributed by atoms with Crippen LogP contribution in [0, 0.1) is 6.92 Å². The molecule has 0 aliphatic heterocycles. The van der Waals surface area contributed by atoms with Gasteiger partial charge in [0.1, 0.15) is 44.9 Å². The number of rotatable bonds is 9. The van der Waals surface area contributed by atoms with Crippen LogP contribution in [0.3, 0.4) is 0 Å². The number of aromatic hydroxyl groups is 2. The first-order valence-electron chi connectivity index (χ1n) is 18.8. The third-order valence-corrected chi connectivity index (χ3v) is 11.5. The largest absolute Gasteiger partial charge is 0.505 e. The summed E-state index contributed by atoms with van der Waals surface area (Å²) in [6.45, 7) is 14.9. The van der Waals surface area contributed by atoms with Crippen molar-refractivity contribution in [2.75, 3.05) is 0 Å². The molecule has 2 heterocycles. The number of hydrogen-bond donors (Lipinski definition) is 2. The van der Waals surface area contributed by atoms with E-state index in [9.17, 15) is 10.2 Å². The summed E-state index contributed by atoms with van der Waals surface area (Å²) >= 11 is 6.21. The summed E-state index contributed by atoms with van der Waals surface area (Å²) in [5, 5.41) is 43.5. The van der Waals surface area contributed by atoms with Crippen molar-refractivity contribution in [1.82, 2.24) is 30.0 Å². The van der Waals surface area contributed by atoms with Crippen molar-refractivity contribution in [1.29, 1.82) is 0 Å². The monoisotopic (exact) mass is 760 g/mol. The number of aryl methyl sites for hydroxylation is 1. The Morgan fingerprint density at radius 3 is 1.66 bits per heavy atom. The molecule has 2 aromatic heterocycles. The van der Waals surface area contributed by atoms with Crippen LogP contribution >= 0.6 is 11.6 Å². The molecular weight excluding hydrogens is 716 g/mol. The first-order chi connectivity index (χ1) is 26.6. The standard InChI is InChI=1S/C47H45ClN6O2/c1-29-22-35(43(55)41(23-29)53-50-38-21-19-34(48)27-40(38)52-53)45(2,3)28-30-18-20-37-39(24-30)51-54(49-37)42-26-33(46(4,5)31-14-10-8-11-15-31)25-36(44(42)56)47(6,7)32-16-12-9-13-17-32/h8-27,55-56H,28H2,1-7H3. The van der Waals surface area contributed by atoms with E-state index in [4.69, 9.17) is 21.8 Å². The van der Waals surface area contributed by atoms with Crippen molar-refractivity contribution >= 4 is 33.7 Å². The fourth-order valence-corrected chi connectivity index (χ4v) is 8.01. The number of phenols is 2. The topological polar surface area (TPSA) is 102 Å². The quantitative estimate of drug-likeness (QED) is 0.152. The highest BCUT2D eigenvalue weighted by molar-refractivity contribution is 6.31. The zero-order valence-corrected chi connectivity index (χ0v) is 33.5. The van der Waals surface area contributed by atoms with E-state index in [0.29, 0.717) is 44.9 Å². The van der Waals surface area contributed by atoms with Crippen molar-refractivity contribution < 1.29 is 10.2 Å². The van der Waals surface area contributed by atoms with E-state index in [1.807, 2.05) is 67.6 Å². The van der Waals surface area contributed by atoms with Crippen molar-refractivity contribution in [2.45, 2.75) is 71.1 Å². The number of halogens is 1. The van der Waals surface area contributed by atoms with Crippen LogP contribution < -0.4 is 0 Å². The second kappa shape index (κ2) is 13.6. The molecule has 2 N–H and O–H groups in total. The van der Waals surface area contributed by atoms with Crippen LogP contribution in [-0.2, 0) is 22.7 Å². The average molecular weight is 761 g/mol. The smallest absolute Gasteiger partial charge is 0.147 e. The van der Waals surface area contributed by atoms with Crippen LogP contribution in [0.5, 0.6) is 11.5 Å².